The summed E-state index contributed by atoms with van der Waals surface area (Å²) >= 11 is 0. The molecular formula is C23H29FN2O4. The highest BCUT2D eigenvalue weighted by molar-refractivity contribution is 5.88. The summed E-state index contributed by atoms with van der Waals surface area (Å²) in [6.07, 6.45) is 0. The molecule has 2 aromatic rings. The van der Waals surface area contributed by atoms with E-state index < -0.39 is 11.6 Å². The van der Waals surface area contributed by atoms with Crippen molar-refractivity contribution in [2.45, 2.75) is 45.8 Å². The molecule has 0 saturated carbocycles. The van der Waals surface area contributed by atoms with Gasteiger partial charge in [-0.15, -0.1) is 0 Å². The molecule has 0 saturated heterocycles. The van der Waals surface area contributed by atoms with Gasteiger partial charge in [0.2, 0.25) is 5.91 Å². The molecule has 2 rings (SSSR count). The number of methoxy groups -OCH3 is 1. The Kier molecular flexibility index (Phi) is 7.80. The fourth-order valence-corrected chi connectivity index (χ4v) is 2.78. The predicted molar refractivity (Wildman–Crippen MR) is 113 cm³/mol. The van der Waals surface area contributed by atoms with Crippen LogP contribution in [0, 0.1) is 5.82 Å². The summed E-state index contributed by atoms with van der Waals surface area (Å²) < 4.78 is 23.8. The molecule has 0 heterocycles. The largest absolute Gasteiger partial charge is 0.497 e. The summed E-state index contributed by atoms with van der Waals surface area (Å²) in [5, 5.41) is 2.90. The van der Waals surface area contributed by atoms with Gasteiger partial charge in [-0.2, -0.15) is 0 Å². The molecule has 2 amide bonds. The van der Waals surface area contributed by atoms with Crippen molar-refractivity contribution in [3.05, 3.63) is 59.9 Å². The molecular weight excluding hydrogens is 387 g/mol. The number of benzene rings is 2. The lowest BCUT2D eigenvalue weighted by Crippen LogP contribution is -2.53. The maximum atomic E-state index is 13.1. The standard InChI is InChI=1S/C23H29FN2O4/c1-16(22(28)25-23(2,3)4)26(14-17-7-6-8-20(13-17)29-5)21(27)15-30-19-11-9-18(24)10-12-19/h6-13,16H,14-15H2,1-5H3,(H,25,28)/t16-/m0/s1. The summed E-state index contributed by atoms with van der Waals surface area (Å²) in [6, 6.07) is 12.0. The average Bonchev–Trinajstić information content (AvgIpc) is 2.69. The lowest BCUT2D eigenvalue weighted by atomic mass is 10.1. The Bertz CT molecular complexity index is 862. The highest BCUT2D eigenvalue weighted by Crippen LogP contribution is 2.17. The van der Waals surface area contributed by atoms with Crippen LogP contribution in [-0.2, 0) is 16.1 Å². The topological polar surface area (TPSA) is 67.9 Å². The van der Waals surface area contributed by atoms with E-state index in [2.05, 4.69) is 5.32 Å². The number of hydrogen-bond acceptors (Lipinski definition) is 4. The van der Waals surface area contributed by atoms with Crippen molar-refractivity contribution in [2.24, 2.45) is 0 Å². The molecule has 0 aliphatic heterocycles. The molecule has 0 bridgehead atoms. The van der Waals surface area contributed by atoms with Crippen molar-refractivity contribution in [3.8, 4) is 11.5 Å². The summed E-state index contributed by atoms with van der Waals surface area (Å²) in [5.74, 6) is 0.0205. The second kappa shape index (κ2) is 10.1. The Morgan fingerprint density at radius 1 is 1.10 bits per heavy atom. The molecule has 6 nitrogen and oxygen atoms in total. The molecule has 0 unspecified atom stereocenters. The molecule has 0 aromatic heterocycles. The van der Waals surface area contributed by atoms with Crippen LogP contribution in [0.4, 0.5) is 4.39 Å². The number of rotatable bonds is 8. The van der Waals surface area contributed by atoms with Crippen molar-refractivity contribution in [1.29, 1.82) is 0 Å². The number of carbonyl (C=O) groups is 2. The normalized spacial score (nSPS) is 12.1. The van der Waals surface area contributed by atoms with Crippen molar-refractivity contribution >= 4 is 11.8 Å². The van der Waals surface area contributed by atoms with Gasteiger partial charge in [-0.1, -0.05) is 12.1 Å². The van der Waals surface area contributed by atoms with Gasteiger partial charge < -0.3 is 19.7 Å². The Morgan fingerprint density at radius 3 is 2.37 bits per heavy atom. The third-order valence-electron chi connectivity index (χ3n) is 4.33. The van der Waals surface area contributed by atoms with E-state index >= 15 is 0 Å². The fourth-order valence-electron chi connectivity index (χ4n) is 2.78. The van der Waals surface area contributed by atoms with E-state index in [1.807, 2.05) is 45.0 Å². The van der Waals surface area contributed by atoms with Crippen molar-refractivity contribution in [2.75, 3.05) is 13.7 Å². The maximum absolute atomic E-state index is 13.1. The van der Waals surface area contributed by atoms with Gasteiger partial charge in [0.1, 0.15) is 23.4 Å². The van der Waals surface area contributed by atoms with Crippen LogP contribution < -0.4 is 14.8 Å². The van der Waals surface area contributed by atoms with Crippen LogP contribution in [0.25, 0.3) is 0 Å². The van der Waals surface area contributed by atoms with Gasteiger partial charge in [-0.3, -0.25) is 9.59 Å². The lowest BCUT2D eigenvalue weighted by Gasteiger charge is -2.31. The van der Waals surface area contributed by atoms with Crippen LogP contribution in [0.3, 0.4) is 0 Å². The number of nitrogens with zero attached hydrogens (tertiary/aromatic N) is 1. The molecule has 0 radical (unpaired) electrons. The third-order valence-corrected chi connectivity index (χ3v) is 4.33. The van der Waals surface area contributed by atoms with Crippen molar-refractivity contribution in [1.82, 2.24) is 10.2 Å². The van der Waals surface area contributed by atoms with E-state index in [0.29, 0.717) is 11.5 Å². The Morgan fingerprint density at radius 2 is 1.77 bits per heavy atom. The third kappa shape index (κ3) is 7.06. The Hall–Kier alpha value is -3.09. The van der Waals surface area contributed by atoms with Gasteiger partial charge >= 0.3 is 0 Å². The van der Waals surface area contributed by atoms with E-state index in [1.165, 1.54) is 29.2 Å². The molecule has 7 heteroatoms. The predicted octanol–water partition coefficient (Wildman–Crippen LogP) is 3.55. The van der Waals surface area contributed by atoms with Crippen LogP contribution in [0.2, 0.25) is 0 Å². The van der Waals surface area contributed by atoms with Crippen LogP contribution in [-0.4, -0.2) is 42.0 Å². The van der Waals surface area contributed by atoms with Crippen LogP contribution >= 0.6 is 0 Å². The van der Waals surface area contributed by atoms with Gasteiger partial charge in [-0.25, -0.2) is 4.39 Å². The minimum Gasteiger partial charge on any atom is -0.497 e. The minimum atomic E-state index is -0.722. The number of carbonyl (C=O) groups excluding carboxylic acids is 2. The summed E-state index contributed by atoms with van der Waals surface area (Å²) in [4.78, 5) is 27.1. The second-order valence-corrected chi connectivity index (χ2v) is 8.03. The smallest absolute Gasteiger partial charge is 0.261 e. The molecule has 0 spiro atoms. The van der Waals surface area contributed by atoms with Crippen LogP contribution in [0.1, 0.15) is 33.3 Å². The summed E-state index contributed by atoms with van der Waals surface area (Å²) in [5.41, 5.74) is 0.389. The number of ether oxygens (including phenoxy) is 2. The first-order valence-electron chi connectivity index (χ1n) is 9.72. The van der Waals surface area contributed by atoms with Gasteiger partial charge in [0, 0.05) is 12.1 Å². The molecule has 0 aliphatic carbocycles. The quantitative estimate of drug-likeness (QED) is 0.715. The summed E-state index contributed by atoms with van der Waals surface area (Å²) in [6.45, 7) is 7.25. The molecule has 2 aromatic carbocycles. The van der Waals surface area contributed by atoms with E-state index in [9.17, 15) is 14.0 Å². The number of amides is 2. The Labute approximate surface area is 177 Å². The summed E-state index contributed by atoms with van der Waals surface area (Å²) in [7, 11) is 1.57. The van der Waals surface area contributed by atoms with Gasteiger partial charge in [-0.05, 0) is 69.7 Å². The lowest BCUT2D eigenvalue weighted by molar-refractivity contribution is -0.142. The Balaban J connectivity index is 2.18. The highest BCUT2D eigenvalue weighted by atomic mass is 19.1. The SMILES string of the molecule is COc1cccc(CN(C(=O)COc2ccc(F)cc2)[C@@H](C)C(=O)NC(C)(C)C)c1. The zero-order valence-corrected chi connectivity index (χ0v) is 18.1. The van der Waals surface area contributed by atoms with Gasteiger partial charge in [0.05, 0.1) is 7.11 Å². The molecule has 1 atom stereocenters. The first-order chi connectivity index (χ1) is 14.1. The van der Waals surface area contributed by atoms with Gasteiger partial charge in [0.25, 0.3) is 5.91 Å². The van der Waals surface area contributed by atoms with Crippen LogP contribution in [0.15, 0.2) is 48.5 Å². The first kappa shape index (κ1) is 23.2. The van der Waals surface area contributed by atoms with E-state index in [-0.39, 0.29) is 30.8 Å². The number of nitrogens with one attached hydrogen (secondary N) is 1. The molecule has 30 heavy (non-hydrogen) atoms. The monoisotopic (exact) mass is 416 g/mol. The molecule has 1 N–H and O–H groups in total. The highest BCUT2D eigenvalue weighted by Gasteiger charge is 2.28. The second-order valence-electron chi connectivity index (χ2n) is 8.03. The van der Waals surface area contributed by atoms with Crippen molar-refractivity contribution in [3.63, 3.8) is 0 Å². The zero-order chi connectivity index (χ0) is 22.3. The minimum absolute atomic E-state index is 0.210. The van der Waals surface area contributed by atoms with Gasteiger partial charge in [0.15, 0.2) is 6.61 Å². The maximum Gasteiger partial charge on any atom is 0.261 e. The van der Waals surface area contributed by atoms with E-state index in [0.717, 1.165) is 5.56 Å². The number of hydrogen-bond donors (Lipinski definition) is 1. The first-order valence-corrected chi connectivity index (χ1v) is 9.72. The van der Waals surface area contributed by atoms with Crippen molar-refractivity contribution < 1.29 is 23.5 Å². The zero-order valence-electron chi connectivity index (χ0n) is 18.1. The molecule has 0 aliphatic rings. The van der Waals surface area contributed by atoms with Crippen LogP contribution in [0.5, 0.6) is 11.5 Å². The van der Waals surface area contributed by atoms with E-state index in [1.54, 1.807) is 14.0 Å². The fraction of sp³-hybridized carbons (Fsp3) is 0.391. The van der Waals surface area contributed by atoms with E-state index in [4.69, 9.17) is 9.47 Å². The molecule has 0 fully saturated rings. The number of halogens is 1. The average molecular weight is 416 g/mol. The molecule has 162 valence electrons.